The van der Waals surface area contributed by atoms with E-state index in [1.807, 2.05) is 11.9 Å². The Morgan fingerprint density at radius 1 is 0.979 bits per heavy atom. The molecule has 254 valence electrons. The topological polar surface area (TPSA) is 284 Å². The number of benzene rings is 1. The number of rotatable bonds is 12. The molecule has 1 aromatic carbocycles. The zero-order chi connectivity index (χ0) is 34.6. The van der Waals surface area contributed by atoms with E-state index in [2.05, 4.69) is 4.74 Å². The van der Waals surface area contributed by atoms with E-state index in [1.54, 1.807) is 6.07 Å². The first-order valence-corrected chi connectivity index (χ1v) is 14.3. The highest BCUT2D eigenvalue weighted by Crippen LogP contribution is 2.65. The van der Waals surface area contributed by atoms with Crippen LogP contribution in [-0.4, -0.2) is 132 Å². The van der Waals surface area contributed by atoms with Crippen LogP contribution in [0.3, 0.4) is 0 Å². The molecule has 0 unspecified atom stereocenters. The Hall–Kier alpha value is -4.78. The fraction of sp³-hybridized carbons (Fsp3) is 0.517. The molecular formula is C29H31NO17. The Morgan fingerprint density at radius 3 is 2.30 bits per heavy atom. The number of nitrogens with zero attached hydrogens (tertiary/aromatic N) is 1. The number of hydrogen-bond acceptors (Lipinski definition) is 15. The van der Waals surface area contributed by atoms with Gasteiger partial charge in [0, 0.05) is 18.0 Å². The average molecular weight is 666 g/mol. The first-order chi connectivity index (χ1) is 22.0. The first kappa shape index (κ1) is 33.6. The molecule has 4 aliphatic rings. The Balaban J connectivity index is 1.41. The molecule has 18 nitrogen and oxygen atoms in total. The number of aliphatic hydroxyl groups is 3. The number of hydrogen-bond donors (Lipinski definition) is 7. The Morgan fingerprint density at radius 2 is 1.66 bits per heavy atom. The van der Waals surface area contributed by atoms with Crippen LogP contribution in [0.1, 0.15) is 36.8 Å². The van der Waals surface area contributed by atoms with Crippen LogP contribution < -0.4 is 4.74 Å². The Bertz CT molecular complexity index is 1570. The summed E-state index contributed by atoms with van der Waals surface area (Å²) in [5.74, 6) is -10.9. The van der Waals surface area contributed by atoms with Crippen molar-refractivity contribution < 1.29 is 83.5 Å². The maximum atomic E-state index is 13.3. The van der Waals surface area contributed by atoms with Crippen molar-refractivity contribution >= 4 is 35.8 Å². The molecule has 0 saturated carbocycles. The van der Waals surface area contributed by atoms with Crippen LogP contribution in [0.25, 0.3) is 0 Å². The number of esters is 3. The van der Waals surface area contributed by atoms with Gasteiger partial charge in [-0.25, -0.2) is 19.2 Å². The number of carboxylic acids is 3. The number of carbonyl (C=O) groups is 6. The predicted octanol–water partition coefficient (Wildman–Crippen LogP) is -2.21. The minimum Gasteiger partial charge on any atom is -0.504 e. The lowest BCUT2D eigenvalue weighted by molar-refractivity contribution is -0.187. The molecule has 2 bridgehead atoms. The summed E-state index contributed by atoms with van der Waals surface area (Å²) in [6.45, 7) is 0.512. The number of likely N-dealkylation sites (tertiary alicyclic amines) is 1. The number of aliphatic carboxylic acids is 3. The fourth-order valence-electron chi connectivity index (χ4n) is 6.96. The van der Waals surface area contributed by atoms with E-state index in [0.717, 1.165) is 5.56 Å². The van der Waals surface area contributed by atoms with Crippen molar-refractivity contribution in [3.63, 3.8) is 0 Å². The smallest absolute Gasteiger partial charge is 0.348 e. The van der Waals surface area contributed by atoms with Crippen molar-refractivity contribution in [2.24, 2.45) is 0 Å². The zero-order valence-electron chi connectivity index (χ0n) is 24.6. The number of aliphatic hydroxyl groups excluding tert-OH is 2. The molecule has 47 heavy (non-hydrogen) atoms. The van der Waals surface area contributed by atoms with Crippen molar-refractivity contribution in [1.29, 1.82) is 0 Å². The second-order valence-corrected chi connectivity index (χ2v) is 11.8. The molecule has 2 aliphatic carbocycles. The van der Waals surface area contributed by atoms with Gasteiger partial charge in [0.05, 0.1) is 23.9 Å². The van der Waals surface area contributed by atoms with E-state index in [1.165, 1.54) is 12.1 Å². The number of aromatic hydroxyl groups is 1. The van der Waals surface area contributed by atoms with Crippen LogP contribution in [-0.2, 0) is 54.8 Å². The predicted molar refractivity (Wildman–Crippen MR) is 147 cm³/mol. The van der Waals surface area contributed by atoms with Crippen LogP contribution in [0.15, 0.2) is 24.0 Å². The van der Waals surface area contributed by atoms with Gasteiger partial charge in [-0.15, -0.1) is 0 Å². The number of carboxylic acid groups (broad SMARTS) is 3. The van der Waals surface area contributed by atoms with E-state index in [-0.39, 0.29) is 29.7 Å². The fourth-order valence-corrected chi connectivity index (χ4v) is 6.96. The van der Waals surface area contributed by atoms with E-state index >= 15 is 0 Å². The van der Waals surface area contributed by atoms with Gasteiger partial charge in [-0.3, -0.25) is 9.59 Å². The first-order valence-electron chi connectivity index (χ1n) is 14.3. The number of phenolic OH excluding ortho intramolecular Hbond substituents is 1. The number of ether oxygens (including phenoxy) is 4. The summed E-state index contributed by atoms with van der Waals surface area (Å²) in [5.41, 5.74) is -1.18. The molecule has 1 fully saturated rings. The number of phenols is 1. The SMILES string of the molecule is CN1CC[C@]23c4c5ccc(O)c4O[C@H]2C(OC(=O)C[C@H](OC(=O)[C@H](O)[C@@H](O)C(=O)O)C(=O)O[C@@H](CC(=O)O)C(=O)O)=CC[C@@]3(O)[C@@H]1C5. The summed E-state index contributed by atoms with van der Waals surface area (Å²) in [4.78, 5) is 74.0. The quantitative estimate of drug-likeness (QED) is 0.0920. The summed E-state index contributed by atoms with van der Waals surface area (Å²) in [6, 6.07) is 2.82. The van der Waals surface area contributed by atoms with Gasteiger partial charge in [0.15, 0.2) is 29.8 Å². The van der Waals surface area contributed by atoms with Gasteiger partial charge in [0.2, 0.25) is 12.2 Å². The van der Waals surface area contributed by atoms with E-state index in [9.17, 15) is 54.3 Å². The van der Waals surface area contributed by atoms with Gasteiger partial charge in [-0.1, -0.05) is 6.07 Å². The van der Waals surface area contributed by atoms with E-state index < -0.39 is 90.2 Å². The molecule has 0 amide bonds. The molecule has 8 atom stereocenters. The third-order valence-corrected chi connectivity index (χ3v) is 9.15. The molecule has 2 heterocycles. The van der Waals surface area contributed by atoms with Crippen molar-refractivity contribution in [3.8, 4) is 11.5 Å². The lowest BCUT2D eigenvalue weighted by Gasteiger charge is -2.61. The van der Waals surface area contributed by atoms with Gasteiger partial charge in [-0.2, -0.15) is 0 Å². The van der Waals surface area contributed by atoms with Gasteiger partial charge in [-0.05, 0) is 44.1 Å². The van der Waals surface area contributed by atoms with E-state index in [0.29, 0.717) is 24.9 Å². The normalized spacial score (nSPS) is 27.9. The average Bonchev–Trinajstić information content (AvgIpc) is 3.36. The summed E-state index contributed by atoms with van der Waals surface area (Å²) >= 11 is 0. The van der Waals surface area contributed by atoms with Crippen molar-refractivity contribution in [2.75, 3.05) is 13.6 Å². The highest BCUT2D eigenvalue weighted by atomic mass is 16.6. The molecule has 2 aliphatic heterocycles. The van der Waals surface area contributed by atoms with Gasteiger partial charge in [0.1, 0.15) is 5.76 Å². The molecule has 0 radical (unpaired) electrons. The molecule has 1 spiro atoms. The molecular weight excluding hydrogens is 634 g/mol. The molecule has 18 heteroatoms. The summed E-state index contributed by atoms with van der Waals surface area (Å²) in [6.07, 6.45) is -11.6. The van der Waals surface area contributed by atoms with Crippen molar-refractivity contribution in [1.82, 2.24) is 4.90 Å². The van der Waals surface area contributed by atoms with Crippen LogP contribution in [0.2, 0.25) is 0 Å². The van der Waals surface area contributed by atoms with E-state index in [4.69, 9.17) is 24.4 Å². The Labute approximate surface area is 264 Å². The molecule has 1 saturated heterocycles. The minimum absolute atomic E-state index is 0.0196. The highest BCUT2D eigenvalue weighted by Gasteiger charge is 2.72. The molecule has 7 N–H and O–H groups in total. The number of carbonyl (C=O) groups excluding carboxylic acids is 3. The van der Waals surface area contributed by atoms with Crippen LogP contribution >= 0.6 is 0 Å². The lowest BCUT2D eigenvalue weighted by Crippen LogP contribution is -2.74. The van der Waals surface area contributed by atoms with Crippen LogP contribution in [0.5, 0.6) is 11.5 Å². The largest absolute Gasteiger partial charge is 0.504 e. The minimum atomic E-state index is -2.76. The summed E-state index contributed by atoms with van der Waals surface area (Å²) in [7, 11) is 1.87. The third kappa shape index (κ3) is 5.52. The second kappa shape index (κ2) is 12.1. The monoisotopic (exact) mass is 665 g/mol. The third-order valence-electron chi connectivity index (χ3n) is 9.15. The van der Waals surface area contributed by atoms with Gasteiger partial charge < -0.3 is 59.6 Å². The van der Waals surface area contributed by atoms with Crippen LogP contribution in [0, 0.1) is 0 Å². The second-order valence-electron chi connectivity index (χ2n) is 11.8. The highest BCUT2D eigenvalue weighted by molar-refractivity contribution is 5.90. The summed E-state index contributed by atoms with van der Waals surface area (Å²) < 4.78 is 21.0. The van der Waals surface area contributed by atoms with Gasteiger partial charge in [0.25, 0.3) is 0 Å². The molecule has 1 aromatic rings. The molecule has 0 aromatic heterocycles. The van der Waals surface area contributed by atoms with Gasteiger partial charge >= 0.3 is 35.8 Å². The number of piperidine rings is 1. The lowest BCUT2D eigenvalue weighted by atomic mass is 9.50. The van der Waals surface area contributed by atoms with Crippen molar-refractivity contribution in [2.45, 2.75) is 79.7 Å². The Kier molecular flexibility index (Phi) is 8.65. The maximum Gasteiger partial charge on any atom is 0.348 e. The number of likely N-dealkylation sites (N-methyl/N-ethyl adjacent to an activating group) is 1. The maximum absolute atomic E-state index is 13.3. The molecule has 5 rings (SSSR count). The van der Waals surface area contributed by atoms with Crippen LogP contribution in [0.4, 0.5) is 0 Å². The summed E-state index contributed by atoms with van der Waals surface area (Å²) in [5, 5.41) is 69.3. The standard InChI is InChI=1S/C29H31NO17/c1-30-7-6-28-19-11-2-3-12(31)22(19)47-23(28)13(4-5-29(28,43)16(30)8-11)44-18(34)10-15(46-27(42)21(36)20(35)25(39)40)26(41)45-14(24(37)38)9-17(32)33/h2-4,14-16,20-21,23,31,35-36,43H,5-10H2,1H3,(H,32,33)(H,37,38)(H,39,40)/t14-,15-,16-,20+,21+,23-,28-,29+/m0/s1. The van der Waals surface area contributed by atoms with Crippen molar-refractivity contribution in [3.05, 3.63) is 35.1 Å². The zero-order valence-corrected chi connectivity index (χ0v) is 24.6.